The van der Waals surface area contributed by atoms with Gasteiger partial charge in [-0.2, -0.15) is 0 Å². The summed E-state index contributed by atoms with van der Waals surface area (Å²) >= 11 is 3.46. The van der Waals surface area contributed by atoms with Crippen LogP contribution >= 0.6 is 15.9 Å². The molecule has 4 nitrogen and oxygen atoms in total. The quantitative estimate of drug-likeness (QED) is 0.883. The first-order valence-electron chi connectivity index (χ1n) is 7.50. The van der Waals surface area contributed by atoms with Gasteiger partial charge in [-0.05, 0) is 36.8 Å². The molecule has 0 aromatic heterocycles. The summed E-state index contributed by atoms with van der Waals surface area (Å²) in [5.41, 5.74) is 1.96. The molecule has 120 valence electrons. The number of ether oxygens (including phenoxy) is 1. The van der Waals surface area contributed by atoms with E-state index in [1.54, 1.807) is 7.11 Å². The van der Waals surface area contributed by atoms with Crippen molar-refractivity contribution < 1.29 is 9.53 Å². The predicted octanol–water partition coefficient (Wildman–Crippen LogP) is 3.84. The minimum atomic E-state index is -0.620. The Bertz CT molecular complexity index is 717. The molecule has 1 aliphatic heterocycles. The molecular weight excluding hydrogens is 356 g/mol. The lowest BCUT2D eigenvalue weighted by Gasteiger charge is -2.46. The minimum absolute atomic E-state index is 0.0156. The molecule has 1 aliphatic rings. The smallest absolute Gasteiger partial charge is 0.258 e. The van der Waals surface area contributed by atoms with Gasteiger partial charge in [-0.15, -0.1) is 0 Å². The first-order valence-corrected chi connectivity index (χ1v) is 8.30. The third-order valence-electron chi connectivity index (χ3n) is 4.25. The lowest BCUT2D eigenvalue weighted by Crippen LogP contribution is -2.56. The Kier molecular flexibility index (Phi) is 4.41. The number of para-hydroxylation sites is 1. The van der Waals surface area contributed by atoms with Crippen molar-refractivity contribution in [1.29, 1.82) is 0 Å². The molecule has 23 heavy (non-hydrogen) atoms. The largest absolute Gasteiger partial charge is 0.383 e. The van der Waals surface area contributed by atoms with Crippen LogP contribution < -0.4 is 5.32 Å². The number of fused-ring (bicyclic) bond motifs is 1. The fraction of sp³-hybridized carbons (Fsp3) is 0.278. The monoisotopic (exact) mass is 374 g/mol. The summed E-state index contributed by atoms with van der Waals surface area (Å²) in [4.78, 5) is 14.8. The normalized spacial score (nSPS) is 20.1. The molecule has 1 N–H and O–H groups in total. The van der Waals surface area contributed by atoms with Crippen LogP contribution in [-0.2, 0) is 10.4 Å². The maximum absolute atomic E-state index is 13.0. The molecule has 3 rings (SSSR count). The molecule has 2 aromatic carbocycles. The van der Waals surface area contributed by atoms with Gasteiger partial charge in [0.15, 0.2) is 0 Å². The number of anilines is 1. The third kappa shape index (κ3) is 2.86. The molecule has 1 atom stereocenters. The van der Waals surface area contributed by atoms with E-state index in [4.69, 9.17) is 4.74 Å². The number of amides is 1. The van der Waals surface area contributed by atoms with Crippen LogP contribution in [0.4, 0.5) is 5.69 Å². The highest BCUT2D eigenvalue weighted by atomic mass is 79.9. The lowest BCUT2D eigenvalue weighted by molar-refractivity contribution is 0.0438. The van der Waals surface area contributed by atoms with Gasteiger partial charge in [0.05, 0.1) is 12.2 Å². The summed E-state index contributed by atoms with van der Waals surface area (Å²) in [6, 6.07) is 15.6. The van der Waals surface area contributed by atoms with Gasteiger partial charge >= 0.3 is 0 Å². The van der Waals surface area contributed by atoms with Crippen molar-refractivity contribution in [3.63, 3.8) is 0 Å². The highest BCUT2D eigenvalue weighted by Crippen LogP contribution is 2.37. The van der Waals surface area contributed by atoms with E-state index < -0.39 is 5.66 Å². The number of methoxy groups -OCH3 is 1. The number of halogens is 1. The summed E-state index contributed by atoms with van der Waals surface area (Å²) < 4.78 is 6.21. The molecule has 0 aliphatic carbocycles. The fourth-order valence-corrected chi connectivity index (χ4v) is 3.23. The van der Waals surface area contributed by atoms with Gasteiger partial charge in [0.25, 0.3) is 5.91 Å². The van der Waals surface area contributed by atoms with E-state index in [1.807, 2.05) is 60.4 Å². The molecular formula is C18H19BrN2O2. The number of nitrogens with one attached hydrogen (secondary N) is 1. The zero-order valence-corrected chi connectivity index (χ0v) is 14.8. The first kappa shape index (κ1) is 16.0. The van der Waals surface area contributed by atoms with Crippen molar-refractivity contribution >= 4 is 27.5 Å². The van der Waals surface area contributed by atoms with Crippen LogP contribution in [0.15, 0.2) is 53.0 Å². The summed E-state index contributed by atoms with van der Waals surface area (Å²) in [5.74, 6) is 0.0156. The Morgan fingerprint density at radius 1 is 1.17 bits per heavy atom. The molecule has 0 saturated carbocycles. The molecule has 0 fully saturated rings. The Morgan fingerprint density at radius 2 is 1.87 bits per heavy atom. The van der Waals surface area contributed by atoms with Gasteiger partial charge < -0.3 is 15.0 Å². The van der Waals surface area contributed by atoms with Crippen molar-refractivity contribution in [3.8, 4) is 0 Å². The number of carbonyl (C=O) groups is 1. The second kappa shape index (κ2) is 6.34. The van der Waals surface area contributed by atoms with Gasteiger partial charge in [0, 0.05) is 23.8 Å². The Labute approximate surface area is 144 Å². The SMILES string of the molecule is COCCN1C(=O)c2ccccc2NC1(C)c1ccc(Br)cc1. The van der Waals surface area contributed by atoms with Crippen molar-refractivity contribution in [2.75, 3.05) is 25.6 Å². The predicted molar refractivity (Wildman–Crippen MR) is 94.5 cm³/mol. The zero-order chi connectivity index (χ0) is 16.4. The number of rotatable bonds is 4. The number of hydrogen-bond acceptors (Lipinski definition) is 3. The van der Waals surface area contributed by atoms with Gasteiger partial charge in [0.1, 0.15) is 5.66 Å². The molecule has 0 bridgehead atoms. The average molecular weight is 375 g/mol. The van der Waals surface area contributed by atoms with Crippen LogP contribution in [0.25, 0.3) is 0 Å². The first-order chi connectivity index (χ1) is 11.1. The van der Waals surface area contributed by atoms with Crippen molar-refractivity contribution in [3.05, 3.63) is 64.1 Å². The summed E-state index contributed by atoms with van der Waals surface area (Å²) in [7, 11) is 1.65. The molecule has 1 unspecified atom stereocenters. The second-order valence-electron chi connectivity index (χ2n) is 5.70. The van der Waals surface area contributed by atoms with Crippen LogP contribution in [0.1, 0.15) is 22.8 Å². The van der Waals surface area contributed by atoms with Gasteiger partial charge in [-0.25, -0.2) is 0 Å². The number of benzene rings is 2. The highest BCUT2D eigenvalue weighted by molar-refractivity contribution is 9.10. The van der Waals surface area contributed by atoms with Crippen LogP contribution in [0.3, 0.4) is 0 Å². The van der Waals surface area contributed by atoms with Gasteiger partial charge in [-0.3, -0.25) is 4.79 Å². The van der Waals surface area contributed by atoms with E-state index >= 15 is 0 Å². The van der Waals surface area contributed by atoms with Gasteiger partial charge in [-0.1, -0.05) is 40.2 Å². The molecule has 0 radical (unpaired) electrons. The molecule has 1 amide bonds. The van der Waals surface area contributed by atoms with Crippen LogP contribution in [0.2, 0.25) is 0 Å². The summed E-state index contributed by atoms with van der Waals surface area (Å²) in [6.45, 7) is 3.03. The summed E-state index contributed by atoms with van der Waals surface area (Å²) in [5, 5.41) is 3.53. The van der Waals surface area contributed by atoms with Crippen LogP contribution in [-0.4, -0.2) is 31.1 Å². The van der Waals surface area contributed by atoms with E-state index in [9.17, 15) is 4.79 Å². The molecule has 1 heterocycles. The number of nitrogens with zero attached hydrogens (tertiary/aromatic N) is 1. The Balaban J connectivity index is 2.08. The lowest BCUT2D eigenvalue weighted by atomic mass is 9.93. The van der Waals surface area contributed by atoms with Crippen LogP contribution in [0, 0.1) is 0 Å². The van der Waals surface area contributed by atoms with Gasteiger partial charge in [0.2, 0.25) is 0 Å². The van der Waals surface area contributed by atoms with E-state index in [0.29, 0.717) is 18.7 Å². The molecule has 5 heteroatoms. The summed E-state index contributed by atoms with van der Waals surface area (Å²) in [6.07, 6.45) is 0. The maximum Gasteiger partial charge on any atom is 0.258 e. The number of hydrogen-bond donors (Lipinski definition) is 1. The second-order valence-corrected chi connectivity index (χ2v) is 6.61. The molecule has 0 spiro atoms. The zero-order valence-electron chi connectivity index (χ0n) is 13.2. The van der Waals surface area contributed by atoms with Crippen molar-refractivity contribution in [2.45, 2.75) is 12.6 Å². The Hall–Kier alpha value is -1.85. The molecule has 0 saturated heterocycles. The standard InChI is InChI=1S/C18H19BrN2O2/c1-18(13-7-9-14(19)10-8-13)20-16-6-4-3-5-15(16)17(22)21(18)11-12-23-2/h3-10,20H,11-12H2,1-2H3. The maximum atomic E-state index is 13.0. The van der Waals surface area contributed by atoms with Crippen molar-refractivity contribution in [1.82, 2.24) is 4.90 Å². The van der Waals surface area contributed by atoms with E-state index in [-0.39, 0.29) is 5.91 Å². The average Bonchev–Trinajstić information content (AvgIpc) is 2.55. The van der Waals surface area contributed by atoms with Crippen molar-refractivity contribution in [2.24, 2.45) is 0 Å². The molecule has 2 aromatic rings. The minimum Gasteiger partial charge on any atom is -0.383 e. The highest BCUT2D eigenvalue weighted by Gasteiger charge is 2.42. The fourth-order valence-electron chi connectivity index (χ4n) is 2.97. The topological polar surface area (TPSA) is 41.6 Å². The van der Waals surface area contributed by atoms with Crippen LogP contribution in [0.5, 0.6) is 0 Å². The Morgan fingerprint density at radius 3 is 2.57 bits per heavy atom. The third-order valence-corrected chi connectivity index (χ3v) is 4.77. The number of carbonyl (C=O) groups excluding carboxylic acids is 1. The van der Waals surface area contributed by atoms with E-state index in [1.165, 1.54) is 0 Å². The van der Waals surface area contributed by atoms with E-state index in [2.05, 4.69) is 21.2 Å². The van der Waals surface area contributed by atoms with E-state index in [0.717, 1.165) is 15.7 Å².